The van der Waals surface area contributed by atoms with Crippen molar-refractivity contribution in [3.8, 4) is 5.82 Å². The number of anilines is 1. The number of aryl methyl sites for hydroxylation is 2. The van der Waals surface area contributed by atoms with Gasteiger partial charge in [-0.25, -0.2) is 14.5 Å². The molecular formula is C25H21N5O4S. The van der Waals surface area contributed by atoms with Gasteiger partial charge in [-0.3, -0.25) is 19.7 Å². The molecule has 0 spiro atoms. The molecule has 1 aliphatic heterocycles. The number of nitro groups is 1. The molecule has 1 aliphatic rings. The van der Waals surface area contributed by atoms with E-state index in [4.69, 9.17) is 0 Å². The van der Waals surface area contributed by atoms with E-state index in [1.165, 1.54) is 28.5 Å². The van der Waals surface area contributed by atoms with Crippen molar-refractivity contribution >= 4 is 39.9 Å². The Hall–Kier alpha value is -4.05. The third kappa shape index (κ3) is 4.40. The van der Waals surface area contributed by atoms with E-state index in [9.17, 15) is 19.7 Å². The summed E-state index contributed by atoms with van der Waals surface area (Å²) >= 11 is 1.17. The van der Waals surface area contributed by atoms with Gasteiger partial charge in [0.1, 0.15) is 5.82 Å². The van der Waals surface area contributed by atoms with E-state index in [0.29, 0.717) is 40.5 Å². The maximum Gasteiger partial charge on any atom is 0.269 e. The predicted molar refractivity (Wildman–Crippen MR) is 134 cm³/mol. The molecule has 0 radical (unpaired) electrons. The van der Waals surface area contributed by atoms with Crippen LogP contribution in [0.5, 0.6) is 0 Å². The van der Waals surface area contributed by atoms with Crippen molar-refractivity contribution in [3.63, 3.8) is 0 Å². The number of fused-ring (bicyclic) bond motifs is 2. The van der Waals surface area contributed by atoms with Crippen molar-refractivity contribution < 1.29 is 9.72 Å². The van der Waals surface area contributed by atoms with Crippen molar-refractivity contribution in [2.75, 3.05) is 17.2 Å². The van der Waals surface area contributed by atoms with Crippen LogP contribution in [-0.2, 0) is 11.2 Å². The van der Waals surface area contributed by atoms with Crippen LogP contribution in [0.4, 0.5) is 11.4 Å². The quantitative estimate of drug-likeness (QED) is 0.181. The molecule has 4 aromatic rings. The van der Waals surface area contributed by atoms with Crippen LogP contribution in [-0.4, -0.2) is 37.7 Å². The third-order valence-electron chi connectivity index (χ3n) is 5.89. The van der Waals surface area contributed by atoms with Gasteiger partial charge in [0.05, 0.1) is 21.6 Å². The summed E-state index contributed by atoms with van der Waals surface area (Å²) in [6, 6.07) is 15.3. The van der Waals surface area contributed by atoms with E-state index in [-0.39, 0.29) is 22.9 Å². The van der Waals surface area contributed by atoms with Gasteiger partial charge in [-0.1, -0.05) is 23.9 Å². The smallest absolute Gasteiger partial charge is 0.269 e. The number of pyridine rings is 1. The zero-order valence-corrected chi connectivity index (χ0v) is 19.7. The highest BCUT2D eigenvalue weighted by Gasteiger charge is 2.25. The minimum absolute atomic E-state index is 0.0162. The summed E-state index contributed by atoms with van der Waals surface area (Å²) in [7, 11) is 0. The number of thioether (sulfide) groups is 1. The van der Waals surface area contributed by atoms with Crippen LogP contribution in [0.2, 0.25) is 0 Å². The van der Waals surface area contributed by atoms with Crippen LogP contribution >= 0.6 is 11.8 Å². The molecule has 2 aromatic heterocycles. The zero-order chi connectivity index (χ0) is 24.5. The number of rotatable bonds is 5. The average molecular weight is 488 g/mol. The molecule has 0 bridgehead atoms. The van der Waals surface area contributed by atoms with Gasteiger partial charge >= 0.3 is 0 Å². The molecule has 1 amide bonds. The minimum Gasteiger partial charge on any atom is -0.311 e. The molecule has 0 aliphatic carbocycles. The Morgan fingerprint density at radius 1 is 1.17 bits per heavy atom. The number of amides is 1. The number of benzene rings is 2. The number of non-ortho nitro benzene ring substituents is 1. The lowest BCUT2D eigenvalue weighted by Gasteiger charge is -2.29. The Labute approximate surface area is 204 Å². The van der Waals surface area contributed by atoms with Crippen molar-refractivity contribution in [3.05, 3.63) is 92.4 Å². The van der Waals surface area contributed by atoms with E-state index >= 15 is 0 Å². The summed E-state index contributed by atoms with van der Waals surface area (Å²) in [4.78, 5) is 48.0. The Bertz CT molecular complexity index is 1530. The summed E-state index contributed by atoms with van der Waals surface area (Å²) < 4.78 is 1.45. The lowest BCUT2D eigenvalue weighted by atomic mass is 10.0. The largest absolute Gasteiger partial charge is 0.311 e. The van der Waals surface area contributed by atoms with Gasteiger partial charge < -0.3 is 4.90 Å². The molecule has 176 valence electrons. The highest BCUT2D eigenvalue weighted by molar-refractivity contribution is 7.99. The van der Waals surface area contributed by atoms with Crippen molar-refractivity contribution in [2.24, 2.45) is 0 Å². The molecule has 0 atom stereocenters. The molecular weight excluding hydrogens is 466 g/mol. The number of hydrogen-bond acceptors (Lipinski definition) is 7. The summed E-state index contributed by atoms with van der Waals surface area (Å²) in [5.74, 6) is 0.335. The van der Waals surface area contributed by atoms with Crippen LogP contribution in [0, 0.1) is 17.0 Å². The number of carbonyl (C=O) groups is 1. The average Bonchev–Trinajstić information content (AvgIpc) is 2.86. The van der Waals surface area contributed by atoms with E-state index < -0.39 is 4.92 Å². The number of para-hydroxylation sites is 1. The fourth-order valence-corrected chi connectivity index (χ4v) is 5.09. The zero-order valence-electron chi connectivity index (χ0n) is 18.9. The second kappa shape index (κ2) is 9.30. The molecule has 0 saturated carbocycles. The first-order valence-corrected chi connectivity index (χ1v) is 12.1. The maximum absolute atomic E-state index is 13.4. The van der Waals surface area contributed by atoms with Gasteiger partial charge in [0.2, 0.25) is 5.91 Å². The molecule has 0 fully saturated rings. The Morgan fingerprint density at radius 2 is 2.00 bits per heavy atom. The number of nitrogens with zero attached hydrogens (tertiary/aromatic N) is 5. The van der Waals surface area contributed by atoms with Crippen LogP contribution in [0.3, 0.4) is 0 Å². The normalized spacial score (nSPS) is 13.0. The molecule has 0 saturated heterocycles. The summed E-state index contributed by atoms with van der Waals surface area (Å²) in [5.41, 5.74) is 2.74. The summed E-state index contributed by atoms with van der Waals surface area (Å²) in [5, 5.41) is 12.0. The lowest BCUT2D eigenvalue weighted by molar-refractivity contribution is -0.384. The highest BCUT2D eigenvalue weighted by Crippen LogP contribution is 2.31. The highest BCUT2D eigenvalue weighted by atomic mass is 32.2. The SMILES string of the molecule is Cc1ccnc(-n2c(SCC(=O)N3CCCc4cc([N+](=O)[O-])ccc43)nc3ccccc3c2=O)c1. The fraction of sp³-hybridized carbons (Fsp3) is 0.200. The first-order chi connectivity index (χ1) is 16.9. The first-order valence-electron chi connectivity index (χ1n) is 11.1. The predicted octanol–water partition coefficient (Wildman–Crippen LogP) is 4.07. The van der Waals surface area contributed by atoms with Gasteiger partial charge in [0.25, 0.3) is 11.2 Å². The van der Waals surface area contributed by atoms with E-state index in [1.807, 2.05) is 19.1 Å². The molecule has 0 unspecified atom stereocenters. The second-order valence-electron chi connectivity index (χ2n) is 8.25. The lowest BCUT2D eigenvalue weighted by Crippen LogP contribution is -2.37. The monoisotopic (exact) mass is 487 g/mol. The summed E-state index contributed by atoms with van der Waals surface area (Å²) in [6.07, 6.45) is 3.03. The minimum atomic E-state index is -0.430. The number of carbonyl (C=O) groups excluding carboxylic acids is 1. The third-order valence-corrected chi connectivity index (χ3v) is 6.82. The molecule has 2 aromatic carbocycles. The van der Waals surface area contributed by atoms with E-state index in [1.54, 1.807) is 41.4 Å². The Morgan fingerprint density at radius 3 is 2.80 bits per heavy atom. The fourth-order valence-electron chi connectivity index (χ4n) is 4.21. The van der Waals surface area contributed by atoms with Crippen LogP contribution in [0.15, 0.2) is 70.7 Å². The molecule has 3 heterocycles. The molecule has 10 heteroatoms. The van der Waals surface area contributed by atoms with Gasteiger partial charge in [-0.15, -0.1) is 0 Å². The molecule has 35 heavy (non-hydrogen) atoms. The molecule has 5 rings (SSSR count). The Kier molecular flexibility index (Phi) is 6.04. The van der Waals surface area contributed by atoms with Gasteiger partial charge in [-0.05, 0) is 61.2 Å². The maximum atomic E-state index is 13.4. The van der Waals surface area contributed by atoms with E-state index in [2.05, 4.69) is 9.97 Å². The van der Waals surface area contributed by atoms with Crippen LogP contribution < -0.4 is 10.5 Å². The topological polar surface area (TPSA) is 111 Å². The van der Waals surface area contributed by atoms with Gasteiger partial charge in [0.15, 0.2) is 5.16 Å². The first kappa shape index (κ1) is 22.7. The standard InChI is InChI=1S/C25H21N5O4S/c1-16-10-11-26-22(13-16)29-24(32)19-6-2-3-7-20(19)27-25(29)35-15-23(31)28-12-4-5-17-14-18(30(33)34)8-9-21(17)28/h2-3,6-11,13-14H,4-5,12,15H2,1H3. The Balaban J connectivity index is 1.48. The molecule has 9 nitrogen and oxygen atoms in total. The number of nitro benzene ring substituents is 1. The second-order valence-corrected chi connectivity index (χ2v) is 9.19. The van der Waals surface area contributed by atoms with Crippen LogP contribution in [0.25, 0.3) is 16.7 Å². The summed E-state index contributed by atoms with van der Waals surface area (Å²) in [6.45, 7) is 2.45. The molecule has 0 N–H and O–H groups in total. The number of aromatic nitrogens is 3. The van der Waals surface area contributed by atoms with Gasteiger partial charge in [-0.2, -0.15) is 0 Å². The van der Waals surface area contributed by atoms with Crippen LogP contribution in [0.1, 0.15) is 17.5 Å². The van der Waals surface area contributed by atoms with Crippen molar-refractivity contribution in [1.29, 1.82) is 0 Å². The van der Waals surface area contributed by atoms with Crippen molar-refractivity contribution in [2.45, 2.75) is 24.9 Å². The van der Waals surface area contributed by atoms with Gasteiger partial charge in [0, 0.05) is 30.6 Å². The van der Waals surface area contributed by atoms with Crippen molar-refractivity contribution in [1.82, 2.24) is 14.5 Å². The van der Waals surface area contributed by atoms with E-state index in [0.717, 1.165) is 17.5 Å². The number of hydrogen-bond donors (Lipinski definition) is 0.